The summed E-state index contributed by atoms with van der Waals surface area (Å²) < 4.78 is 37.0. The maximum absolute atomic E-state index is 12.3. The summed E-state index contributed by atoms with van der Waals surface area (Å²) >= 11 is 0. The minimum atomic E-state index is -5.08. The fourth-order valence-electron chi connectivity index (χ4n) is 2.49. The fourth-order valence-corrected chi connectivity index (χ4v) is 2.49. The summed E-state index contributed by atoms with van der Waals surface area (Å²) in [7, 11) is 0. The number of nitrogens with one attached hydrogen (secondary N) is 1. The predicted molar refractivity (Wildman–Crippen MR) is 80.5 cm³/mol. The van der Waals surface area contributed by atoms with Gasteiger partial charge >= 0.3 is 18.1 Å². The molecule has 24 heavy (non-hydrogen) atoms. The molecule has 134 valence electrons. The van der Waals surface area contributed by atoms with Crippen LogP contribution < -0.4 is 5.32 Å². The minimum absolute atomic E-state index is 0.0762. The molecule has 1 aliphatic heterocycles. The predicted octanol–water partition coefficient (Wildman–Crippen LogP) is 2.50. The Kier molecular flexibility index (Phi) is 7.21. The third-order valence-corrected chi connectivity index (χ3v) is 3.69. The van der Waals surface area contributed by atoms with Crippen LogP contribution in [0.1, 0.15) is 25.3 Å². The summed E-state index contributed by atoms with van der Waals surface area (Å²) in [6, 6.07) is 10.0. The number of hydrogen-bond donors (Lipinski definition) is 2. The molecule has 0 spiro atoms. The smallest absolute Gasteiger partial charge is 0.475 e. The quantitative estimate of drug-likeness (QED) is 0.822. The van der Waals surface area contributed by atoms with Gasteiger partial charge < -0.3 is 15.2 Å². The normalized spacial score (nSPS) is 16.5. The Balaban J connectivity index is 0.000000351. The Labute approximate surface area is 137 Å². The van der Waals surface area contributed by atoms with Crippen LogP contribution in [0.3, 0.4) is 0 Å². The lowest BCUT2D eigenvalue weighted by atomic mass is 9.73. The second-order valence-electron chi connectivity index (χ2n) is 5.22. The summed E-state index contributed by atoms with van der Waals surface area (Å²) in [5.74, 6) is -2.83. The SMILES string of the molecule is CCOC(=O)C1(c2ccccc2)CCNCC1.O=C(O)C(F)(F)F. The Bertz CT molecular complexity index is 540. The van der Waals surface area contributed by atoms with E-state index in [-0.39, 0.29) is 5.97 Å². The van der Waals surface area contributed by atoms with Gasteiger partial charge in [0, 0.05) is 0 Å². The second-order valence-corrected chi connectivity index (χ2v) is 5.22. The second kappa shape index (κ2) is 8.68. The van der Waals surface area contributed by atoms with Crippen LogP contribution in [0.4, 0.5) is 13.2 Å². The highest BCUT2D eigenvalue weighted by molar-refractivity contribution is 5.83. The van der Waals surface area contributed by atoms with Gasteiger partial charge in [-0.2, -0.15) is 13.2 Å². The molecule has 1 fully saturated rings. The van der Waals surface area contributed by atoms with Crippen LogP contribution in [0.2, 0.25) is 0 Å². The number of piperidine rings is 1. The van der Waals surface area contributed by atoms with E-state index in [0.717, 1.165) is 31.5 Å². The van der Waals surface area contributed by atoms with Crippen molar-refractivity contribution in [1.82, 2.24) is 5.32 Å². The molecule has 0 saturated carbocycles. The van der Waals surface area contributed by atoms with Gasteiger partial charge in [0.2, 0.25) is 0 Å². The zero-order chi connectivity index (χ0) is 18.2. The van der Waals surface area contributed by atoms with Crippen LogP contribution in [-0.2, 0) is 19.7 Å². The van der Waals surface area contributed by atoms with E-state index >= 15 is 0 Å². The van der Waals surface area contributed by atoms with E-state index in [9.17, 15) is 18.0 Å². The summed E-state index contributed by atoms with van der Waals surface area (Å²) in [6.07, 6.45) is -3.45. The monoisotopic (exact) mass is 347 g/mol. The van der Waals surface area contributed by atoms with Crippen LogP contribution in [-0.4, -0.2) is 42.9 Å². The van der Waals surface area contributed by atoms with Crippen LogP contribution in [0.25, 0.3) is 0 Å². The van der Waals surface area contributed by atoms with Crippen molar-refractivity contribution in [3.05, 3.63) is 35.9 Å². The van der Waals surface area contributed by atoms with Crippen molar-refractivity contribution in [2.45, 2.75) is 31.4 Å². The number of hydrogen-bond acceptors (Lipinski definition) is 4. The van der Waals surface area contributed by atoms with Gasteiger partial charge in [-0.05, 0) is 38.4 Å². The molecule has 0 bridgehead atoms. The molecule has 0 amide bonds. The van der Waals surface area contributed by atoms with Gasteiger partial charge in [0.05, 0.1) is 12.0 Å². The number of esters is 1. The number of rotatable bonds is 3. The van der Waals surface area contributed by atoms with Gasteiger partial charge in [-0.25, -0.2) is 4.79 Å². The highest BCUT2D eigenvalue weighted by Crippen LogP contribution is 2.34. The van der Waals surface area contributed by atoms with Gasteiger partial charge in [0.1, 0.15) is 0 Å². The maximum atomic E-state index is 12.3. The van der Waals surface area contributed by atoms with E-state index in [0.29, 0.717) is 6.61 Å². The Morgan fingerprint density at radius 1 is 1.21 bits per heavy atom. The molecule has 1 heterocycles. The number of carboxylic acids is 1. The third kappa shape index (κ3) is 5.23. The van der Waals surface area contributed by atoms with Crippen LogP contribution in [0, 0.1) is 0 Å². The van der Waals surface area contributed by atoms with E-state index in [1.165, 1.54) is 0 Å². The molecule has 2 N–H and O–H groups in total. The molecule has 0 unspecified atom stereocenters. The van der Waals surface area contributed by atoms with Crippen molar-refractivity contribution in [2.24, 2.45) is 0 Å². The van der Waals surface area contributed by atoms with Crippen molar-refractivity contribution in [1.29, 1.82) is 0 Å². The largest absolute Gasteiger partial charge is 0.490 e. The van der Waals surface area contributed by atoms with E-state index in [1.54, 1.807) is 0 Å². The van der Waals surface area contributed by atoms with Gasteiger partial charge in [-0.15, -0.1) is 0 Å². The summed E-state index contributed by atoms with van der Waals surface area (Å²) in [6.45, 7) is 4.04. The third-order valence-electron chi connectivity index (χ3n) is 3.69. The van der Waals surface area contributed by atoms with E-state index in [4.69, 9.17) is 14.6 Å². The topological polar surface area (TPSA) is 75.6 Å². The average Bonchev–Trinajstić information content (AvgIpc) is 2.56. The molecule has 0 aromatic heterocycles. The fraction of sp³-hybridized carbons (Fsp3) is 0.500. The van der Waals surface area contributed by atoms with Gasteiger partial charge in [0.25, 0.3) is 0 Å². The van der Waals surface area contributed by atoms with Gasteiger partial charge in [-0.3, -0.25) is 4.79 Å². The molecular formula is C16H20F3NO4. The van der Waals surface area contributed by atoms with Crippen molar-refractivity contribution in [2.75, 3.05) is 19.7 Å². The summed E-state index contributed by atoms with van der Waals surface area (Å²) in [5.41, 5.74) is 0.641. The number of alkyl halides is 3. The van der Waals surface area contributed by atoms with Gasteiger partial charge in [0.15, 0.2) is 0 Å². The highest BCUT2D eigenvalue weighted by Gasteiger charge is 2.42. The molecule has 5 nitrogen and oxygen atoms in total. The van der Waals surface area contributed by atoms with Crippen molar-refractivity contribution < 1.29 is 32.6 Å². The Hall–Kier alpha value is -2.09. The first kappa shape index (κ1) is 20.0. The van der Waals surface area contributed by atoms with E-state index in [1.807, 2.05) is 37.3 Å². The number of halogens is 3. The summed E-state index contributed by atoms with van der Waals surface area (Å²) in [4.78, 5) is 21.2. The van der Waals surface area contributed by atoms with Crippen LogP contribution in [0.5, 0.6) is 0 Å². The molecule has 0 aliphatic carbocycles. The maximum Gasteiger partial charge on any atom is 0.490 e. The first-order chi connectivity index (χ1) is 11.2. The lowest BCUT2D eigenvalue weighted by molar-refractivity contribution is -0.192. The van der Waals surface area contributed by atoms with Crippen LogP contribution in [0.15, 0.2) is 30.3 Å². The highest BCUT2D eigenvalue weighted by atomic mass is 19.4. The number of carbonyl (C=O) groups excluding carboxylic acids is 1. The van der Waals surface area contributed by atoms with Gasteiger partial charge in [-0.1, -0.05) is 30.3 Å². The number of carbonyl (C=O) groups is 2. The van der Waals surface area contributed by atoms with Crippen molar-refractivity contribution in [3.8, 4) is 0 Å². The lowest BCUT2D eigenvalue weighted by Crippen LogP contribution is -2.46. The number of benzene rings is 1. The van der Waals surface area contributed by atoms with Crippen LogP contribution >= 0.6 is 0 Å². The number of carboxylic acid groups (broad SMARTS) is 1. The molecular weight excluding hydrogens is 327 g/mol. The summed E-state index contributed by atoms with van der Waals surface area (Å²) in [5, 5.41) is 10.4. The molecule has 1 aromatic carbocycles. The molecule has 8 heteroatoms. The Morgan fingerprint density at radius 3 is 2.12 bits per heavy atom. The number of ether oxygens (including phenoxy) is 1. The Morgan fingerprint density at radius 2 is 1.71 bits per heavy atom. The molecule has 1 aliphatic rings. The average molecular weight is 347 g/mol. The molecule has 2 rings (SSSR count). The first-order valence-corrected chi connectivity index (χ1v) is 7.47. The molecule has 0 radical (unpaired) electrons. The molecule has 1 saturated heterocycles. The number of aliphatic carboxylic acids is 1. The zero-order valence-corrected chi connectivity index (χ0v) is 13.2. The van der Waals surface area contributed by atoms with E-state index < -0.39 is 17.6 Å². The lowest BCUT2D eigenvalue weighted by Gasteiger charge is -2.35. The molecule has 1 aromatic rings. The van der Waals surface area contributed by atoms with Crippen molar-refractivity contribution >= 4 is 11.9 Å². The first-order valence-electron chi connectivity index (χ1n) is 7.47. The standard InChI is InChI=1S/C14H19NO2.C2HF3O2/c1-2-17-13(16)14(8-10-15-11-9-14)12-6-4-3-5-7-12;3-2(4,5)1(6)7/h3-7,15H,2,8-11H2,1H3;(H,6,7). The van der Waals surface area contributed by atoms with E-state index in [2.05, 4.69) is 5.32 Å². The van der Waals surface area contributed by atoms with Crippen molar-refractivity contribution in [3.63, 3.8) is 0 Å². The minimum Gasteiger partial charge on any atom is -0.475 e. The molecule has 0 atom stereocenters. The zero-order valence-electron chi connectivity index (χ0n) is 13.2.